The second-order valence-electron chi connectivity index (χ2n) is 3.21. The highest BCUT2D eigenvalue weighted by Crippen LogP contribution is 2.11. The molecule has 2 aromatic rings. The summed E-state index contributed by atoms with van der Waals surface area (Å²) in [6.45, 7) is 0.358. The van der Waals surface area contributed by atoms with Crippen molar-refractivity contribution in [3.05, 3.63) is 47.8 Å². The fourth-order valence-electron chi connectivity index (χ4n) is 1.33. The van der Waals surface area contributed by atoms with Crippen molar-refractivity contribution in [3.8, 4) is 0 Å². The van der Waals surface area contributed by atoms with Gasteiger partial charge in [-0.25, -0.2) is 18.9 Å². The zero-order valence-corrected chi connectivity index (χ0v) is 8.17. The lowest BCUT2D eigenvalue weighted by Crippen LogP contribution is -2.04. The molecular weight excluding hydrogens is 213 g/mol. The van der Waals surface area contributed by atoms with Crippen LogP contribution in [0.2, 0.25) is 0 Å². The molecule has 0 aliphatic rings. The molecule has 0 fully saturated rings. The summed E-state index contributed by atoms with van der Waals surface area (Å²) in [5.41, 5.74) is 0.301. The van der Waals surface area contributed by atoms with Gasteiger partial charge in [0.2, 0.25) is 0 Å². The summed E-state index contributed by atoms with van der Waals surface area (Å²) in [4.78, 5) is 14.3. The predicted octanol–water partition coefficient (Wildman–Crippen LogP) is 1.16. The van der Waals surface area contributed by atoms with Crippen LogP contribution in [0.4, 0.5) is 4.39 Å². The van der Waals surface area contributed by atoms with E-state index in [1.54, 1.807) is 6.07 Å². The van der Waals surface area contributed by atoms with E-state index in [2.05, 4.69) is 10.1 Å². The zero-order valence-electron chi connectivity index (χ0n) is 8.17. The van der Waals surface area contributed by atoms with E-state index in [1.807, 2.05) is 0 Å². The van der Waals surface area contributed by atoms with Crippen molar-refractivity contribution in [2.24, 2.45) is 0 Å². The molecule has 0 unspecified atom stereocenters. The SMILES string of the molecule is O=C(O)c1ccc(Cn2cncn2)cc1F. The number of nitrogens with zero attached hydrogens (tertiary/aromatic N) is 3. The van der Waals surface area contributed by atoms with E-state index in [0.717, 1.165) is 0 Å². The molecule has 1 heterocycles. The van der Waals surface area contributed by atoms with E-state index in [-0.39, 0.29) is 5.56 Å². The molecule has 1 aromatic carbocycles. The van der Waals surface area contributed by atoms with E-state index in [1.165, 1.54) is 29.5 Å². The number of hydrogen-bond acceptors (Lipinski definition) is 3. The molecule has 16 heavy (non-hydrogen) atoms. The number of rotatable bonds is 3. The number of carboxylic acid groups (broad SMARTS) is 1. The van der Waals surface area contributed by atoms with Gasteiger partial charge in [-0.15, -0.1) is 0 Å². The van der Waals surface area contributed by atoms with Crippen molar-refractivity contribution >= 4 is 5.97 Å². The lowest BCUT2D eigenvalue weighted by molar-refractivity contribution is 0.0692. The van der Waals surface area contributed by atoms with Crippen molar-refractivity contribution in [3.63, 3.8) is 0 Å². The molecule has 0 saturated heterocycles. The molecule has 2 rings (SSSR count). The third-order valence-corrected chi connectivity index (χ3v) is 2.08. The Morgan fingerprint density at radius 2 is 2.31 bits per heavy atom. The molecule has 0 saturated carbocycles. The van der Waals surface area contributed by atoms with Gasteiger partial charge < -0.3 is 5.11 Å². The van der Waals surface area contributed by atoms with Crippen LogP contribution in [-0.2, 0) is 6.54 Å². The standard InChI is InChI=1S/C10H8FN3O2/c11-9-3-7(1-2-8(9)10(15)16)4-14-6-12-5-13-14/h1-3,5-6H,4H2,(H,15,16). The molecule has 0 aliphatic heterocycles. The Bertz CT molecular complexity index is 511. The monoisotopic (exact) mass is 221 g/mol. The molecule has 5 nitrogen and oxygen atoms in total. The van der Waals surface area contributed by atoms with Crippen LogP contribution in [0.1, 0.15) is 15.9 Å². The van der Waals surface area contributed by atoms with Crippen molar-refractivity contribution < 1.29 is 14.3 Å². The zero-order chi connectivity index (χ0) is 11.5. The van der Waals surface area contributed by atoms with Gasteiger partial charge in [0.05, 0.1) is 12.1 Å². The normalized spacial score (nSPS) is 10.3. The highest BCUT2D eigenvalue weighted by atomic mass is 19.1. The van der Waals surface area contributed by atoms with E-state index in [9.17, 15) is 9.18 Å². The van der Waals surface area contributed by atoms with Crippen LogP contribution < -0.4 is 0 Å². The number of benzene rings is 1. The van der Waals surface area contributed by atoms with Crippen LogP contribution in [0.15, 0.2) is 30.9 Å². The van der Waals surface area contributed by atoms with Gasteiger partial charge in [-0.2, -0.15) is 5.10 Å². The minimum atomic E-state index is -1.27. The average molecular weight is 221 g/mol. The van der Waals surface area contributed by atoms with E-state index >= 15 is 0 Å². The third kappa shape index (κ3) is 2.05. The van der Waals surface area contributed by atoms with E-state index < -0.39 is 11.8 Å². The fraction of sp³-hybridized carbons (Fsp3) is 0.100. The topological polar surface area (TPSA) is 68.0 Å². The molecule has 1 aromatic heterocycles. The minimum Gasteiger partial charge on any atom is -0.478 e. The second kappa shape index (κ2) is 4.09. The Morgan fingerprint density at radius 3 is 2.88 bits per heavy atom. The van der Waals surface area contributed by atoms with Crippen LogP contribution in [0, 0.1) is 5.82 Å². The van der Waals surface area contributed by atoms with Crippen molar-refractivity contribution in [1.29, 1.82) is 0 Å². The highest BCUT2D eigenvalue weighted by Gasteiger charge is 2.10. The summed E-state index contributed by atoms with van der Waals surface area (Å²) in [7, 11) is 0. The minimum absolute atomic E-state index is 0.331. The number of carbonyl (C=O) groups is 1. The Morgan fingerprint density at radius 1 is 1.50 bits per heavy atom. The van der Waals surface area contributed by atoms with Gasteiger partial charge in [-0.1, -0.05) is 6.07 Å². The van der Waals surface area contributed by atoms with Gasteiger partial charge in [0.25, 0.3) is 0 Å². The fourth-order valence-corrected chi connectivity index (χ4v) is 1.33. The number of carboxylic acids is 1. The van der Waals surface area contributed by atoms with E-state index in [0.29, 0.717) is 12.1 Å². The first-order chi connectivity index (χ1) is 7.66. The Labute approximate surface area is 90.2 Å². The van der Waals surface area contributed by atoms with Crippen LogP contribution in [0.5, 0.6) is 0 Å². The Hall–Kier alpha value is -2.24. The second-order valence-corrected chi connectivity index (χ2v) is 3.21. The number of hydrogen-bond donors (Lipinski definition) is 1. The third-order valence-electron chi connectivity index (χ3n) is 2.08. The largest absolute Gasteiger partial charge is 0.478 e. The van der Waals surface area contributed by atoms with Gasteiger partial charge >= 0.3 is 5.97 Å². The molecule has 0 atom stereocenters. The highest BCUT2D eigenvalue weighted by molar-refractivity contribution is 5.87. The van der Waals surface area contributed by atoms with Crippen LogP contribution in [-0.4, -0.2) is 25.8 Å². The molecule has 82 valence electrons. The Balaban J connectivity index is 2.24. The number of aromatic nitrogens is 3. The maximum absolute atomic E-state index is 13.3. The molecule has 1 N–H and O–H groups in total. The van der Waals surface area contributed by atoms with Gasteiger partial charge in [-0.05, 0) is 17.7 Å². The summed E-state index contributed by atoms with van der Waals surface area (Å²) >= 11 is 0. The summed E-state index contributed by atoms with van der Waals surface area (Å²) in [6.07, 6.45) is 2.88. The van der Waals surface area contributed by atoms with Crippen LogP contribution >= 0.6 is 0 Å². The van der Waals surface area contributed by atoms with E-state index in [4.69, 9.17) is 5.11 Å². The summed E-state index contributed by atoms with van der Waals surface area (Å²) < 4.78 is 14.8. The predicted molar refractivity (Wildman–Crippen MR) is 52.5 cm³/mol. The van der Waals surface area contributed by atoms with Crippen molar-refractivity contribution in [2.45, 2.75) is 6.54 Å². The maximum atomic E-state index is 13.3. The van der Waals surface area contributed by atoms with Gasteiger partial charge in [0.15, 0.2) is 0 Å². The smallest absolute Gasteiger partial charge is 0.338 e. The Kier molecular flexibility index (Phi) is 2.63. The maximum Gasteiger partial charge on any atom is 0.338 e. The molecule has 0 spiro atoms. The van der Waals surface area contributed by atoms with Crippen LogP contribution in [0.3, 0.4) is 0 Å². The molecular formula is C10H8FN3O2. The summed E-state index contributed by atoms with van der Waals surface area (Å²) in [6, 6.07) is 3.98. The average Bonchev–Trinajstić information content (AvgIpc) is 2.70. The van der Waals surface area contributed by atoms with Gasteiger partial charge in [0.1, 0.15) is 18.5 Å². The van der Waals surface area contributed by atoms with Crippen molar-refractivity contribution in [1.82, 2.24) is 14.8 Å². The first-order valence-corrected chi connectivity index (χ1v) is 4.51. The molecule has 0 aliphatic carbocycles. The molecule has 6 heteroatoms. The van der Waals surface area contributed by atoms with Crippen LogP contribution in [0.25, 0.3) is 0 Å². The molecule has 0 bridgehead atoms. The first kappa shape index (κ1) is 10.3. The summed E-state index contributed by atoms with van der Waals surface area (Å²) in [5.74, 6) is -2.02. The molecule has 0 amide bonds. The van der Waals surface area contributed by atoms with Gasteiger partial charge in [0, 0.05) is 0 Å². The first-order valence-electron chi connectivity index (χ1n) is 4.51. The summed E-state index contributed by atoms with van der Waals surface area (Å²) in [5, 5.41) is 12.5. The molecule has 0 radical (unpaired) electrons. The van der Waals surface area contributed by atoms with Crippen molar-refractivity contribution in [2.75, 3.05) is 0 Å². The number of halogens is 1. The lowest BCUT2D eigenvalue weighted by Gasteiger charge is -2.03. The quantitative estimate of drug-likeness (QED) is 0.844. The van der Waals surface area contributed by atoms with Gasteiger partial charge in [-0.3, -0.25) is 0 Å². The number of aromatic carboxylic acids is 1. The lowest BCUT2D eigenvalue weighted by atomic mass is 10.1.